The van der Waals surface area contributed by atoms with Crippen molar-refractivity contribution >= 4 is 5.91 Å². The van der Waals surface area contributed by atoms with Crippen molar-refractivity contribution < 1.29 is 9.32 Å². The van der Waals surface area contributed by atoms with E-state index in [1.165, 1.54) is 0 Å². The Morgan fingerprint density at radius 1 is 1.62 bits per heavy atom. The normalized spacial score (nSPS) is 17.9. The zero-order chi connectivity index (χ0) is 11.6. The first-order valence-electron chi connectivity index (χ1n) is 5.42. The van der Waals surface area contributed by atoms with Crippen molar-refractivity contribution in [1.82, 2.24) is 15.5 Å². The van der Waals surface area contributed by atoms with Crippen LogP contribution >= 0.6 is 0 Å². The molecule has 2 rings (SSSR count). The van der Waals surface area contributed by atoms with Crippen molar-refractivity contribution in [2.45, 2.75) is 44.7 Å². The summed E-state index contributed by atoms with van der Waals surface area (Å²) in [6.07, 6.45) is 3.36. The molecule has 6 heteroatoms. The van der Waals surface area contributed by atoms with Gasteiger partial charge in [-0.2, -0.15) is 4.98 Å². The Kier molecular flexibility index (Phi) is 2.91. The van der Waals surface area contributed by atoms with Crippen LogP contribution in [-0.2, 0) is 11.3 Å². The number of aryl methyl sites for hydroxylation is 1. The molecule has 0 aliphatic heterocycles. The van der Waals surface area contributed by atoms with Gasteiger partial charge in [-0.3, -0.25) is 4.79 Å². The maximum absolute atomic E-state index is 11.6. The van der Waals surface area contributed by atoms with E-state index in [4.69, 9.17) is 10.3 Å². The van der Waals surface area contributed by atoms with Crippen LogP contribution in [0.4, 0.5) is 0 Å². The third kappa shape index (κ3) is 2.57. The molecule has 16 heavy (non-hydrogen) atoms. The lowest BCUT2D eigenvalue weighted by molar-refractivity contribution is -0.123. The maximum atomic E-state index is 11.6. The van der Waals surface area contributed by atoms with E-state index in [2.05, 4.69) is 15.5 Å². The van der Waals surface area contributed by atoms with E-state index in [1.54, 1.807) is 6.92 Å². The van der Waals surface area contributed by atoms with Gasteiger partial charge in [0, 0.05) is 18.9 Å². The van der Waals surface area contributed by atoms with E-state index in [0.29, 0.717) is 24.7 Å². The Bertz CT molecular complexity index is 384. The number of nitrogens with zero attached hydrogens (tertiary/aromatic N) is 2. The van der Waals surface area contributed by atoms with Gasteiger partial charge in [-0.1, -0.05) is 5.16 Å². The third-order valence-corrected chi connectivity index (χ3v) is 2.88. The number of carbonyl (C=O) groups is 1. The van der Waals surface area contributed by atoms with Gasteiger partial charge in [0.25, 0.3) is 0 Å². The molecule has 1 aliphatic carbocycles. The Labute approximate surface area is 93.6 Å². The van der Waals surface area contributed by atoms with Crippen LogP contribution in [0.2, 0.25) is 0 Å². The molecule has 3 N–H and O–H groups in total. The fourth-order valence-corrected chi connectivity index (χ4v) is 1.78. The highest BCUT2D eigenvalue weighted by atomic mass is 16.5. The smallest absolute Gasteiger partial charge is 0.223 e. The molecule has 1 heterocycles. The van der Waals surface area contributed by atoms with E-state index >= 15 is 0 Å². The molecule has 1 aromatic heterocycles. The SMILES string of the molecule is Cc1nc(CNC(=O)CC2(N)CCC2)no1. The fraction of sp³-hybridized carbons (Fsp3) is 0.700. The second-order valence-corrected chi connectivity index (χ2v) is 4.40. The summed E-state index contributed by atoms with van der Waals surface area (Å²) in [5.74, 6) is 0.939. The second kappa shape index (κ2) is 4.21. The fourth-order valence-electron chi connectivity index (χ4n) is 1.78. The van der Waals surface area contributed by atoms with Gasteiger partial charge in [-0.15, -0.1) is 0 Å². The van der Waals surface area contributed by atoms with Gasteiger partial charge >= 0.3 is 0 Å². The Hall–Kier alpha value is -1.43. The summed E-state index contributed by atoms with van der Waals surface area (Å²) in [6.45, 7) is 2.01. The molecule has 88 valence electrons. The van der Waals surface area contributed by atoms with Crippen molar-refractivity contribution in [2.24, 2.45) is 5.73 Å². The van der Waals surface area contributed by atoms with Crippen molar-refractivity contribution in [3.63, 3.8) is 0 Å². The summed E-state index contributed by atoms with van der Waals surface area (Å²) in [7, 11) is 0. The van der Waals surface area contributed by atoms with Crippen LogP contribution < -0.4 is 11.1 Å². The average Bonchev–Trinajstić information content (AvgIpc) is 2.59. The predicted octanol–water partition coefficient (Wildman–Crippen LogP) is 0.266. The van der Waals surface area contributed by atoms with Crippen molar-refractivity contribution in [1.29, 1.82) is 0 Å². The number of nitrogens with one attached hydrogen (secondary N) is 1. The molecule has 0 radical (unpaired) electrons. The van der Waals surface area contributed by atoms with Gasteiger partial charge in [-0.25, -0.2) is 0 Å². The number of aromatic nitrogens is 2. The number of carbonyl (C=O) groups excluding carboxylic acids is 1. The highest BCUT2D eigenvalue weighted by Crippen LogP contribution is 2.31. The quantitative estimate of drug-likeness (QED) is 0.765. The van der Waals surface area contributed by atoms with Crippen LogP contribution in [0, 0.1) is 6.92 Å². The van der Waals surface area contributed by atoms with E-state index in [0.717, 1.165) is 19.3 Å². The lowest BCUT2D eigenvalue weighted by Crippen LogP contribution is -2.49. The Morgan fingerprint density at radius 3 is 2.88 bits per heavy atom. The number of hydrogen-bond acceptors (Lipinski definition) is 5. The topological polar surface area (TPSA) is 94.0 Å². The molecule has 1 fully saturated rings. The molecule has 1 saturated carbocycles. The third-order valence-electron chi connectivity index (χ3n) is 2.88. The minimum atomic E-state index is -0.281. The van der Waals surface area contributed by atoms with Crippen molar-refractivity contribution in [3.05, 3.63) is 11.7 Å². The molecule has 0 saturated heterocycles. The number of amides is 1. The standard InChI is InChI=1S/C10H16N4O2/c1-7-13-8(14-16-7)6-12-9(15)5-10(11)3-2-4-10/h2-6,11H2,1H3,(H,12,15). The Morgan fingerprint density at radius 2 is 2.38 bits per heavy atom. The second-order valence-electron chi connectivity index (χ2n) is 4.40. The minimum Gasteiger partial charge on any atom is -0.349 e. The summed E-state index contributed by atoms with van der Waals surface area (Å²) in [5, 5.41) is 6.42. The molecule has 6 nitrogen and oxygen atoms in total. The molecule has 0 spiro atoms. The van der Waals surface area contributed by atoms with E-state index in [-0.39, 0.29) is 11.4 Å². The number of nitrogens with two attached hydrogens (primary N) is 1. The van der Waals surface area contributed by atoms with Crippen LogP contribution in [0.25, 0.3) is 0 Å². The van der Waals surface area contributed by atoms with E-state index in [1.807, 2.05) is 0 Å². The summed E-state index contributed by atoms with van der Waals surface area (Å²) in [6, 6.07) is 0. The van der Waals surface area contributed by atoms with Crippen LogP contribution in [0.3, 0.4) is 0 Å². The summed E-state index contributed by atoms with van der Waals surface area (Å²) in [5.41, 5.74) is 5.69. The van der Waals surface area contributed by atoms with Gasteiger partial charge < -0.3 is 15.6 Å². The molecule has 1 aromatic rings. The van der Waals surface area contributed by atoms with Crippen LogP contribution in [-0.4, -0.2) is 21.6 Å². The first kappa shape index (κ1) is 11.1. The average molecular weight is 224 g/mol. The maximum Gasteiger partial charge on any atom is 0.223 e. The largest absolute Gasteiger partial charge is 0.349 e. The molecule has 0 bridgehead atoms. The molecule has 1 amide bonds. The highest BCUT2D eigenvalue weighted by Gasteiger charge is 2.34. The van der Waals surface area contributed by atoms with Crippen LogP contribution in [0.15, 0.2) is 4.52 Å². The monoisotopic (exact) mass is 224 g/mol. The van der Waals surface area contributed by atoms with Crippen molar-refractivity contribution in [2.75, 3.05) is 0 Å². The minimum absolute atomic E-state index is 0.0512. The predicted molar refractivity (Wildman–Crippen MR) is 56.3 cm³/mol. The number of hydrogen-bond donors (Lipinski definition) is 2. The summed E-state index contributed by atoms with van der Waals surface area (Å²) in [4.78, 5) is 15.5. The van der Waals surface area contributed by atoms with Gasteiger partial charge in [-0.05, 0) is 19.3 Å². The first-order valence-corrected chi connectivity index (χ1v) is 5.42. The highest BCUT2D eigenvalue weighted by molar-refractivity contribution is 5.77. The molecule has 0 atom stereocenters. The first-order chi connectivity index (χ1) is 7.57. The molecule has 0 aromatic carbocycles. The van der Waals surface area contributed by atoms with Crippen LogP contribution in [0.5, 0.6) is 0 Å². The zero-order valence-corrected chi connectivity index (χ0v) is 9.32. The van der Waals surface area contributed by atoms with Crippen molar-refractivity contribution in [3.8, 4) is 0 Å². The molecule has 1 aliphatic rings. The van der Waals surface area contributed by atoms with E-state index < -0.39 is 0 Å². The molecular formula is C10H16N4O2. The van der Waals surface area contributed by atoms with Crippen LogP contribution in [0.1, 0.15) is 37.4 Å². The molecular weight excluding hydrogens is 208 g/mol. The zero-order valence-electron chi connectivity index (χ0n) is 9.32. The van der Waals surface area contributed by atoms with Gasteiger partial charge in [0.2, 0.25) is 11.8 Å². The molecule has 0 unspecified atom stereocenters. The van der Waals surface area contributed by atoms with E-state index in [9.17, 15) is 4.79 Å². The van der Waals surface area contributed by atoms with Gasteiger partial charge in [0.15, 0.2) is 5.82 Å². The summed E-state index contributed by atoms with van der Waals surface area (Å²) < 4.78 is 4.79. The summed E-state index contributed by atoms with van der Waals surface area (Å²) >= 11 is 0. The van der Waals surface area contributed by atoms with Gasteiger partial charge in [0.1, 0.15) is 0 Å². The Balaban J connectivity index is 1.75. The lowest BCUT2D eigenvalue weighted by atomic mass is 9.75. The van der Waals surface area contributed by atoms with Gasteiger partial charge in [0.05, 0.1) is 6.54 Å². The lowest BCUT2D eigenvalue weighted by Gasteiger charge is -2.37. The number of rotatable bonds is 4.